The second-order valence-electron chi connectivity index (χ2n) is 6.65. The van der Waals surface area contributed by atoms with Gasteiger partial charge in [-0.15, -0.1) is 10.2 Å². The number of rotatable bonds is 7. The molecule has 1 aromatic carbocycles. The van der Waals surface area contributed by atoms with E-state index in [0.29, 0.717) is 5.56 Å². The molecule has 0 aliphatic carbocycles. The highest BCUT2D eigenvalue weighted by atomic mass is 32.2. The van der Waals surface area contributed by atoms with E-state index in [9.17, 15) is 23.1 Å². The molecule has 3 heterocycles. The standard InChI is InChI=1S/C19H15N5O7S/c1-32(28,29)12-8-7-11(30-12)9-24-22-13(17(20)25)14(23-24)18-21-15(19(26)27)16(31-18)10-5-3-2-4-6-10/h2-8H,9H2,1H3,(H2,20,25)(H,26,27). The smallest absolute Gasteiger partial charge is 0.358 e. The van der Waals surface area contributed by atoms with Crippen molar-refractivity contribution in [1.29, 1.82) is 0 Å². The van der Waals surface area contributed by atoms with Gasteiger partial charge >= 0.3 is 5.97 Å². The Kier molecular flexibility index (Phi) is 5.10. The SMILES string of the molecule is CS(=O)(=O)c1ccc(Cn2nc(C(N)=O)c(-c3nc(C(=O)O)c(-c4ccccc4)o3)n2)o1. The molecule has 0 radical (unpaired) electrons. The van der Waals surface area contributed by atoms with Gasteiger partial charge in [-0.1, -0.05) is 30.3 Å². The van der Waals surface area contributed by atoms with Gasteiger partial charge in [0.25, 0.3) is 11.8 Å². The lowest BCUT2D eigenvalue weighted by atomic mass is 10.1. The van der Waals surface area contributed by atoms with E-state index in [1.807, 2.05) is 0 Å². The lowest BCUT2D eigenvalue weighted by Gasteiger charge is -1.96. The molecule has 0 unspecified atom stereocenters. The molecule has 4 rings (SSSR count). The summed E-state index contributed by atoms with van der Waals surface area (Å²) in [6.07, 6.45) is 0.998. The summed E-state index contributed by atoms with van der Waals surface area (Å²) in [7, 11) is -3.54. The summed E-state index contributed by atoms with van der Waals surface area (Å²) in [6, 6.07) is 11.1. The van der Waals surface area contributed by atoms with Gasteiger partial charge < -0.3 is 19.7 Å². The number of hydrogen-bond donors (Lipinski definition) is 2. The fourth-order valence-corrected chi connectivity index (χ4v) is 3.44. The van der Waals surface area contributed by atoms with Gasteiger partial charge in [-0.25, -0.2) is 13.2 Å². The van der Waals surface area contributed by atoms with Gasteiger partial charge in [0.15, 0.2) is 22.8 Å². The van der Waals surface area contributed by atoms with E-state index < -0.39 is 21.7 Å². The van der Waals surface area contributed by atoms with Crippen LogP contribution in [0.5, 0.6) is 0 Å². The van der Waals surface area contributed by atoms with Crippen LogP contribution in [0.1, 0.15) is 26.7 Å². The van der Waals surface area contributed by atoms with Crippen molar-refractivity contribution in [2.75, 3.05) is 6.26 Å². The lowest BCUT2D eigenvalue weighted by Crippen LogP contribution is -2.13. The fourth-order valence-electron chi connectivity index (χ4n) is 2.86. The number of hydrogen-bond acceptors (Lipinski definition) is 9. The number of benzene rings is 1. The molecule has 0 spiro atoms. The first-order valence-electron chi connectivity index (χ1n) is 8.97. The Balaban J connectivity index is 1.76. The van der Waals surface area contributed by atoms with Crippen LogP contribution >= 0.6 is 0 Å². The lowest BCUT2D eigenvalue weighted by molar-refractivity contribution is 0.0691. The Hall–Kier alpha value is -4.26. The molecule has 3 N–H and O–H groups in total. The second kappa shape index (κ2) is 7.77. The number of carbonyl (C=O) groups excluding carboxylic acids is 1. The maximum Gasteiger partial charge on any atom is 0.358 e. The van der Waals surface area contributed by atoms with Crippen LogP contribution in [-0.2, 0) is 16.4 Å². The topological polar surface area (TPSA) is 184 Å². The highest BCUT2D eigenvalue weighted by Gasteiger charge is 2.27. The zero-order valence-corrected chi connectivity index (χ0v) is 17.2. The third-order valence-corrected chi connectivity index (χ3v) is 5.21. The number of sulfone groups is 1. The molecule has 3 aromatic heterocycles. The fraction of sp³-hybridized carbons (Fsp3) is 0.105. The summed E-state index contributed by atoms with van der Waals surface area (Å²) in [5, 5.41) is 17.4. The summed E-state index contributed by atoms with van der Waals surface area (Å²) in [4.78, 5) is 28.6. The Morgan fingerprint density at radius 3 is 2.38 bits per heavy atom. The molecule has 0 fully saturated rings. The van der Waals surface area contributed by atoms with Crippen LogP contribution in [0, 0.1) is 0 Å². The van der Waals surface area contributed by atoms with Gasteiger partial charge in [0.1, 0.15) is 12.3 Å². The van der Waals surface area contributed by atoms with E-state index in [1.165, 1.54) is 12.1 Å². The first-order chi connectivity index (χ1) is 15.1. The van der Waals surface area contributed by atoms with Crippen LogP contribution in [0.15, 0.2) is 56.4 Å². The Labute approximate surface area is 180 Å². The number of nitrogens with zero attached hydrogens (tertiary/aromatic N) is 4. The molecule has 164 valence electrons. The number of carboxylic acid groups (broad SMARTS) is 1. The predicted octanol–water partition coefficient (Wildman–Crippen LogP) is 1.44. The number of primary amides is 1. The van der Waals surface area contributed by atoms with Gasteiger partial charge in [-0.3, -0.25) is 4.79 Å². The van der Waals surface area contributed by atoms with Crippen molar-refractivity contribution in [3.63, 3.8) is 0 Å². The minimum Gasteiger partial charge on any atom is -0.476 e. The van der Waals surface area contributed by atoms with Crippen LogP contribution in [0.25, 0.3) is 22.9 Å². The maximum absolute atomic E-state index is 11.9. The largest absolute Gasteiger partial charge is 0.476 e. The van der Waals surface area contributed by atoms with Gasteiger partial charge in [-0.05, 0) is 12.1 Å². The molecule has 0 aliphatic heterocycles. The summed E-state index contributed by atoms with van der Waals surface area (Å²) >= 11 is 0. The molecule has 0 saturated carbocycles. The first-order valence-corrected chi connectivity index (χ1v) is 10.9. The minimum absolute atomic E-state index is 0.0260. The monoisotopic (exact) mass is 457 g/mol. The second-order valence-corrected chi connectivity index (χ2v) is 8.60. The average molecular weight is 457 g/mol. The van der Waals surface area contributed by atoms with Gasteiger partial charge in [0.05, 0.1) is 0 Å². The van der Waals surface area contributed by atoms with Crippen molar-refractivity contribution in [3.05, 3.63) is 59.6 Å². The van der Waals surface area contributed by atoms with Crippen LogP contribution in [0.4, 0.5) is 0 Å². The Morgan fingerprint density at radius 1 is 1.06 bits per heavy atom. The molecular formula is C19H15N5O7S. The van der Waals surface area contributed by atoms with E-state index in [4.69, 9.17) is 14.6 Å². The number of oxazole rings is 1. The molecule has 0 atom stereocenters. The van der Waals surface area contributed by atoms with E-state index in [1.54, 1.807) is 30.3 Å². The minimum atomic E-state index is -3.54. The number of amides is 1. The maximum atomic E-state index is 11.9. The van der Waals surface area contributed by atoms with Crippen LogP contribution < -0.4 is 5.73 Å². The van der Waals surface area contributed by atoms with Crippen molar-refractivity contribution >= 4 is 21.7 Å². The Bertz CT molecular complexity index is 1430. The van der Waals surface area contributed by atoms with Crippen molar-refractivity contribution in [1.82, 2.24) is 20.0 Å². The van der Waals surface area contributed by atoms with Crippen LogP contribution in [-0.4, -0.2) is 51.6 Å². The summed E-state index contributed by atoms with van der Waals surface area (Å²) < 4.78 is 34.0. The number of carbonyl (C=O) groups is 2. The van der Waals surface area contributed by atoms with E-state index >= 15 is 0 Å². The van der Waals surface area contributed by atoms with Crippen molar-refractivity contribution in [3.8, 4) is 22.9 Å². The Morgan fingerprint density at radius 2 is 1.78 bits per heavy atom. The number of furan rings is 1. The molecule has 12 nitrogen and oxygen atoms in total. The molecule has 0 saturated heterocycles. The zero-order valence-electron chi connectivity index (χ0n) is 16.4. The van der Waals surface area contributed by atoms with E-state index in [2.05, 4.69) is 15.2 Å². The number of aromatic carboxylic acids is 1. The van der Waals surface area contributed by atoms with Crippen molar-refractivity contribution < 1.29 is 31.9 Å². The highest BCUT2D eigenvalue weighted by molar-refractivity contribution is 7.90. The molecule has 0 aliphatic rings. The van der Waals surface area contributed by atoms with Gasteiger partial charge in [0.2, 0.25) is 14.9 Å². The average Bonchev–Trinajstić information content (AvgIpc) is 3.46. The summed E-state index contributed by atoms with van der Waals surface area (Å²) in [6.45, 7) is -0.131. The number of aromatic nitrogens is 4. The third kappa shape index (κ3) is 4.00. The van der Waals surface area contributed by atoms with Gasteiger partial charge in [-0.2, -0.15) is 9.78 Å². The molecule has 4 aromatic rings. The van der Waals surface area contributed by atoms with Crippen LogP contribution in [0.2, 0.25) is 0 Å². The third-order valence-electron chi connectivity index (χ3n) is 4.26. The molecule has 1 amide bonds. The molecular weight excluding hydrogens is 442 g/mol. The number of nitrogens with two attached hydrogens (primary N) is 1. The normalized spacial score (nSPS) is 11.5. The van der Waals surface area contributed by atoms with E-state index in [0.717, 1.165) is 11.1 Å². The summed E-state index contributed by atoms with van der Waals surface area (Å²) in [5.41, 5.74) is 5.00. The summed E-state index contributed by atoms with van der Waals surface area (Å²) in [5.74, 6) is -2.37. The number of carboxylic acids is 1. The zero-order chi connectivity index (χ0) is 23.0. The molecule has 32 heavy (non-hydrogen) atoms. The van der Waals surface area contributed by atoms with Gasteiger partial charge in [0, 0.05) is 11.8 Å². The molecule has 0 bridgehead atoms. The van der Waals surface area contributed by atoms with Crippen LogP contribution in [0.3, 0.4) is 0 Å². The van der Waals surface area contributed by atoms with Crippen molar-refractivity contribution in [2.24, 2.45) is 5.73 Å². The highest BCUT2D eigenvalue weighted by Crippen LogP contribution is 2.30. The quantitative estimate of drug-likeness (QED) is 0.411. The first kappa shape index (κ1) is 21.0. The van der Waals surface area contributed by atoms with E-state index in [-0.39, 0.29) is 46.1 Å². The van der Waals surface area contributed by atoms with Crippen molar-refractivity contribution in [2.45, 2.75) is 11.6 Å². The predicted molar refractivity (Wildman–Crippen MR) is 107 cm³/mol. The molecule has 13 heteroatoms.